The highest BCUT2D eigenvalue weighted by molar-refractivity contribution is 5.44. The van der Waals surface area contributed by atoms with E-state index in [0.717, 1.165) is 11.3 Å². The van der Waals surface area contributed by atoms with Crippen LogP contribution in [0.4, 0.5) is 0 Å². The Bertz CT molecular complexity index is 327. The van der Waals surface area contributed by atoms with E-state index in [1.165, 1.54) is 30.1 Å². The van der Waals surface area contributed by atoms with Gasteiger partial charge in [-0.15, -0.1) is 0 Å². The van der Waals surface area contributed by atoms with Crippen LogP contribution in [-0.4, -0.2) is 0 Å². The second kappa shape index (κ2) is 1.23. The maximum Gasteiger partial charge on any atom is -0.0101 e. The summed E-state index contributed by atoms with van der Waals surface area (Å²) in [4.78, 5) is 0. The standard InChI is InChI=1S/C12H14/c1-2-6(1)10-11-8-5-7(8)9-3-4-12(9,10)11/h1,7-11H,2-5H2. The summed E-state index contributed by atoms with van der Waals surface area (Å²) in [5.74, 6) is 6.04. The van der Waals surface area contributed by atoms with E-state index < -0.39 is 0 Å². The highest BCUT2D eigenvalue weighted by Gasteiger charge is 2.85. The first-order chi connectivity index (χ1) is 5.93. The minimum atomic E-state index is 0.954. The summed E-state index contributed by atoms with van der Waals surface area (Å²) in [7, 11) is 0. The van der Waals surface area contributed by atoms with Crippen LogP contribution in [0.25, 0.3) is 0 Å². The van der Waals surface area contributed by atoms with Crippen molar-refractivity contribution in [1.82, 2.24) is 0 Å². The van der Waals surface area contributed by atoms with Gasteiger partial charge in [0, 0.05) is 0 Å². The minimum absolute atomic E-state index is 0.954. The summed E-state index contributed by atoms with van der Waals surface area (Å²) in [6, 6.07) is 0. The first kappa shape index (κ1) is 5.47. The summed E-state index contributed by atoms with van der Waals surface area (Å²) in [6.07, 6.45) is 8.72. The van der Waals surface area contributed by atoms with Gasteiger partial charge in [0.1, 0.15) is 0 Å². The molecule has 12 heavy (non-hydrogen) atoms. The zero-order valence-electron chi connectivity index (χ0n) is 7.29. The van der Waals surface area contributed by atoms with Crippen molar-refractivity contribution < 1.29 is 0 Å². The van der Waals surface area contributed by atoms with Crippen molar-refractivity contribution in [1.29, 1.82) is 0 Å². The Labute approximate surface area is 73.0 Å². The van der Waals surface area contributed by atoms with Crippen LogP contribution in [-0.2, 0) is 0 Å². The smallest absolute Gasteiger partial charge is 0.0101 e. The second-order valence-corrected chi connectivity index (χ2v) is 5.81. The summed E-state index contributed by atoms with van der Waals surface area (Å²) in [6.45, 7) is 0. The average Bonchev–Trinajstić information content (AvgIpc) is 2.83. The predicted octanol–water partition coefficient (Wildman–Crippen LogP) is 2.61. The van der Waals surface area contributed by atoms with E-state index in [2.05, 4.69) is 6.08 Å². The largest absolute Gasteiger partial charge is 0.0806 e. The molecule has 0 aromatic rings. The van der Waals surface area contributed by atoms with Gasteiger partial charge >= 0.3 is 0 Å². The van der Waals surface area contributed by atoms with Gasteiger partial charge in [-0.2, -0.15) is 0 Å². The molecule has 0 aromatic carbocycles. The lowest BCUT2D eigenvalue weighted by Crippen LogP contribution is -2.30. The molecule has 1 spiro atoms. The minimum Gasteiger partial charge on any atom is -0.0806 e. The van der Waals surface area contributed by atoms with Crippen LogP contribution in [0.15, 0.2) is 11.6 Å². The van der Waals surface area contributed by atoms with Crippen LogP contribution in [0, 0.1) is 35.0 Å². The van der Waals surface area contributed by atoms with E-state index >= 15 is 0 Å². The Morgan fingerprint density at radius 1 is 1.33 bits per heavy atom. The molecule has 4 fully saturated rings. The molecule has 0 heteroatoms. The Morgan fingerprint density at radius 3 is 2.83 bits per heavy atom. The molecular formula is C12H14. The van der Waals surface area contributed by atoms with Crippen molar-refractivity contribution in [3.8, 4) is 0 Å². The van der Waals surface area contributed by atoms with Crippen LogP contribution in [0.3, 0.4) is 0 Å². The molecule has 6 atom stereocenters. The zero-order valence-corrected chi connectivity index (χ0v) is 7.29. The molecule has 0 saturated heterocycles. The molecule has 5 rings (SSSR count). The quantitative estimate of drug-likeness (QED) is 0.514. The van der Waals surface area contributed by atoms with Crippen LogP contribution in [0.1, 0.15) is 25.7 Å². The van der Waals surface area contributed by atoms with Gasteiger partial charge in [-0.1, -0.05) is 11.6 Å². The third-order valence-electron chi connectivity index (χ3n) is 5.74. The van der Waals surface area contributed by atoms with Gasteiger partial charge in [0.2, 0.25) is 0 Å². The van der Waals surface area contributed by atoms with Crippen molar-refractivity contribution in [2.75, 3.05) is 0 Å². The Hall–Kier alpha value is -0.260. The van der Waals surface area contributed by atoms with Gasteiger partial charge in [0.05, 0.1) is 0 Å². The second-order valence-electron chi connectivity index (χ2n) is 5.81. The average molecular weight is 158 g/mol. The third kappa shape index (κ3) is 0.341. The molecule has 0 aromatic heterocycles. The normalized spacial score (nSPS) is 73.3. The zero-order chi connectivity index (χ0) is 7.50. The predicted molar refractivity (Wildman–Crippen MR) is 46.4 cm³/mol. The summed E-state index contributed by atoms with van der Waals surface area (Å²) < 4.78 is 0. The molecule has 0 heterocycles. The first-order valence-electron chi connectivity index (χ1n) is 5.62. The molecule has 5 aliphatic carbocycles. The van der Waals surface area contributed by atoms with Crippen molar-refractivity contribution in [2.24, 2.45) is 35.0 Å². The maximum absolute atomic E-state index is 2.49. The highest BCUT2D eigenvalue weighted by Crippen LogP contribution is 2.90. The fourth-order valence-electron chi connectivity index (χ4n) is 5.19. The highest BCUT2D eigenvalue weighted by atomic mass is 14.9. The van der Waals surface area contributed by atoms with E-state index in [1.807, 2.05) is 5.57 Å². The molecule has 5 aliphatic rings. The molecular weight excluding hydrogens is 144 g/mol. The van der Waals surface area contributed by atoms with Crippen LogP contribution >= 0.6 is 0 Å². The van der Waals surface area contributed by atoms with Crippen molar-refractivity contribution >= 4 is 0 Å². The number of allylic oxidation sites excluding steroid dienone is 2. The van der Waals surface area contributed by atoms with E-state index in [0.29, 0.717) is 0 Å². The van der Waals surface area contributed by atoms with Crippen molar-refractivity contribution in [3.05, 3.63) is 11.6 Å². The molecule has 6 unspecified atom stereocenters. The van der Waals surface area contributed by atoms with Gasteiger partial charge in [-0.05, 0) is 60.7 Å². The maximum atomic E-state index is 2.49. The molecule has 0 N–H and O–H groups in total. The molecule has 4 saturated carbocycles. The fraction of sp³-hybridized carbons (Fsp3) is 0.833. The van der Waals surface area contributed by atoms with Gasteiger partial charge < -0.3 is 0 Å². The number of hydrogen-bond donors (Lipinski definition) is 0. The number of hydrogen-bond acceptors (Lipinski definition) is 0. The summed E-state index contributed by atoms with van der Waals surface area (Å²) in [5, 5.41) is 0. The van der Waals surface area contributed by atoms with Crippen molar-refractivity contribution in [3.63, 3.8) is 0 Å². The van der Waals surface area contributed by atoms with Crippen LogP contribution in [0.5, 0.6) is 0 Å². The lowest BCUT2D eigenvalue weighted by atomic mass is 9.67. The van der Waals surface area contributed by atoms with Crippen LogP contribution < -0.4 is 0 Å². The molecule has 0 aliphatic heterocycles. The SMILES string of the molecule is C1=C(C2C3C4CC4C4CCC423)C1. The lowest BCUT2D eigenvalue weighted by molar-refractivity contribution is 0.123. The molecule has 62 valence electrons. The first-order valence-corrected chi connectivity index (χ1v) is 5.62. The van der Waals surface area contributed by atoms with E-state index in [9.17, 15) is 0 Å². The molecule has 0 radical (unpaired) electrons. The summed E-state index contributed by atoms with van der Waals surface area (Å²) in [5.41, 5.74) is 2.82. The third-order valence-corrected chi connectivity index (χ3v) is 5.74. The van der Waals surface area contributed by atoms with E-state index in [4.69, 9.17) is 0 Å². The van der Waals surface area contributed by atoms with Gasteiger partial charge in [0.15, 0.2) is 0 Å². The number of fused-ring (bicyclic) bond motifs is 3. The van der Waals surface area contributed by atoms with Crippen LogP contribution in [0.2, 0.25) is 0 Å². The lowest BCUT2D eigenvalue weighted by Gasteiger charge is -2.37. The van der Waals surface area contributed by atoms with Crippen molar-refractivity contribution in [2.45, 2.75) is 25.7 Å². The molecule has 0 nitrogen and oxygen atoms in total. The molecule has 0 amide bonds. The Morgan fingerprint density at radius 2 is 2.25 bits per heavy atom. The monoisotopic (exact) mass is 158 g/mol. The van der Waals surface area contributed by atoms with Gasteiger partial charge in [-0.25, -0.2) is 0 Å². The van der Waals surface area contributed by atoms with E-state index in [1.54, 1.807) is 19.3 Å². The van der Waals surface area contributed by atoms with E-state index in [-0.39, 0.29) is 0 Å². The Balaban J connectivity index is 1.65. The number of rotatable bonds is 1. The summed E-state index contributed by atoms with van der Waals surface area (Å²) >= 11 is 0. The van der Waals surface area contributed by atoms with Gasteiger partial charge in [0.25, 0.3) is 0 Å². The topological polar surface area (TPSA) is 0 Å². The Kier molecular flexibility index (Phi) is 0.562. The fourth-order valence-corrected chi connectivity index (χ4v) is 5.19. The molecule has 0 bridgehead atoms. The van der Waals surface area contributed by atoms with Gasteiger partial charge in [-0.3, -0.25) is 0 Å².